The Balaban J connectivity index is 2.00. The molecule has 2 rings (SSSR count). The molecule has 108 valence electrons. The second kappa shape index (κ2) is 5.34. The van der Waals surface area contributed by atoms with Gasteiger partial charge in [-0.25, -0.2) is 9.59 Å². The third kappa shape index (κ3) is 3.16. The molecule has 3 unspecified atom stereocenters. The van der Waals surface area contributed by atoms with Gasteiger partial charge in [-0.1, -0.05) is 0 Å². The molecule has 7 nitrogen and oxygen atoms in total. The number of carbonyl (C=O) groups is 2. The highest BCUT2D eigenvalue weighted by Crippen LogP contribution is 2.22. The maximum atomic E-state index is 12.2. The zero-order valence-electron chi connectivity index (χ0n) is 11.0. The highest BCUT2D eigenvalue weighted by molar-refractivity contribution is 5.83. The lowest BCUT2D eigenvalue weighted by molar-refractivity contribution is -0.141. The van der Waals surface area contributed by atoms with Crippen LogP contribution >= 0.6 is 0 Å². The average molecular weight is 272 g/mol. The molecule has 2 aliphatic rings. The Labute approximate surface area is 111 Å². The van der Waals surface area contributed by atoms with Gasteiger partial charge in [0.05, 0.1) is 18.2 Å². The fraction of sp³-hybridized carbons (Fsp3) is 0.833. The molecule has 0 aliphatic carbocycles. The minimum absolute atomic E-state index is 0.0553. The van der Waals surface area contributed by atoms with E-state index in [4.69, 9.17) is 9.84 Å². The van der Waals surface area contributed by atoms with E-state index < -0.39 is 29.7 Å². The standard InChI is InChI=1S/C12H20N2O5/c1-12(3-2-4-19-7-12)13-11(18)14-6-8(15)5-9(14)10(16)17/h8-9,15H,2-7H2,1H3,(H,13,18)(H,16,17). The molecule has 0 spiro atoms. The van der Waals surface area contributed by atoms with Crippen molar-refractivity contribution in [3.63, 3.8) is 0 Å². The second-order valence-corrected chi connectivity index (χ2v) is 5.54. The van der Waals surface area contributed by atoms with Crippen LogP contribution in [0.1, 0.15) is 26.2 Å². The summed E-state index contributed by atoms with van der Waals surface area (Å²) in [5, 5.41) is 21.4. The summed E-state index contributed by atoms with van der Waals surface area (Å²) in [6.45, 7) is 3.05. The summed E-state index contributed by atoms with van der Waals surface area (Å²) in [6, 6.07) is -1.40. The second-order valence-electron chi connectivity index (χ2n) is 5.54. The van der Waals surface area contributed by atoms with Gasteiger partial charge >= 0.3 is 12.0 Å². The van der Waals surface area contributed by atoms with Crippen LogP contribution in [0.4, 0.5) is 4.79 Å². The molecule has 0 radical (unpaired) electrons. The van der Waals surface area contributed by atoms with Crippen molar-refractivity contribution in [2.45, 2.75) is 43.9 Å². The van der Waals surface area contributed by atoms with Crippen LogP contribution in [0.3, 0.4) is 0 Å². The SMILES string of the molecule is CC1(NC(=O)N2CC(O)CC2C(=O)O)CCCOC1. The van der Waals surface area contributed by atoms with Crippen molar-refractivity contribution < 1.29 is 24.5 Å². The lowest BCUT2D eigenvalue weighted by Gasteiger charge is -2.36. The maximum Gasteiger partial charge on any atom is 0.326 e. The molecule has 2 amide bonds. The molecular formula is C12H20N2O5. The number of hydrogen-bond acceptors (Lipinski definition) is 4. The Morgan fingerprint density at radius 1 is 1.47 bits per heavy atom. The van der Waals surface area contributed by atoms with Crippen LogP contribution in [-0.4, -0.2) is 64.6 Å². The number of carboxylic acids is 1. The molecule has 0 saturated carbocycles. The predicted molar refractivity (Wildman–Crippen MR) is 65.7 cm³/mol. The summed E-state index contributed by atoms with van der Waals surface area (Å²) < 4.78 is 5.35. The van der Waals surface area contributed by atoms with Crippen molar-refractivity contribution in [1.82, 2.24) is 10.2 Å². The molecule has 2 heterocycles. The van der Waals surface area contributed by atoms with E-state index in [0.717, 1.165) is 12.8 Å². The number of aliphatic hydroxyl groups excluding tert-OH is 1. The Bertz CT molecular complexity index is 367. The molecule has 3 N–H and O–H groups in total. The number of likely N-dealkylation sites (tertiary alicyclic amines) is 1. The van der Waals surface area contributed by atoms with E-state index in [-0.39, 0.29) is 13.0 Å². The topological polar surface area (TPSA) is 99.1 Å². The summed E-state index contributed by atoms with van der Waals surface area (Å²) >= 11 is 0. The Hall–Kier alpha value is -1.34. The average Bonchev–Trinajstić information content (AvgIpc) is 2.72. The van der Waals surface area contributed by atoms with Gasteiger partial charge in [0.15, 0.2) is 0 Å². The van der Waals surface area contributed by atoms with Crippen molar-refractivity contribution in [3.8, 4) is 0 Å². The highest BCUT2D eigenvalue weighted by Gasteiger charge is 2.41. The van der Waals surface area contributed by atoms with Crippen LogP contribution in [-0.2, 0) is 9.53 Å². The van der Waals surface area contributed by atoms with Gasteiger partial charge in [-0.05, 0) is 19.8 Å². The summed E-state index contributed by atoms with van der Waals surface area (Å²) in [7, 11) is 0. The summed E-state index contributed by atoms with van der Waals surface area (Å²) in [4.78, 5) is 24.4. The molecule has 19 heavy (non-hydrogen) atoms. The first-order chi connectivity index (χ1) is 8.91. The van der Waals surface area contributed by atoms with E-state index in [9.17, 15) is 14.7 Å². The van der Waals surface area contributed by atoms with Crippen molar-refractivity contribution >= 4 is 12.0 Å². The Kier molecular flexibility index (Phi) is 3.96. The Morgan fingerprint density at radius 2 is 2.21 bits per heavy atom. The number of β-amino-alcohol motifs (C(OH)–C–C–N with tert-alkyl or cyclic N) is 1. The number of carbonyl (C=O) groups excluding carboxylic acids is 1. The van der Waals surface area contributed by atoms with Crippen molar-refractivity contribution in [2.24, 2.45) is 0 Å². The number of nitrogens with zero attached hydrogens (tertiary/aromatic N) is 1. The first-order valence-electron chi connectivity index (χ1n) is 6.49. The number of aliphatic hydroxyl groups is 1. The summed E-state index contributed by atoms with van der Waals surface area (Å²) in [5.41, 5.74) is -0.466. The fourth-order valence-corrected chi connectivity index (χ4v) is 2.63. The van der Waals surface area contributed by atoms with Crippen molar-refractivity contribution in [2.75, 3.05) is 19.8 Å². The van der Waals surface area contributed by atoms with Gasteiger partial charge in [0.1, 0.15) is 6.04 Å². The largest absolute Gasteiger partial charge is 0.480 e. The van der Waals surface area contributed by atoms with Gasteiger partial charge in [-0.15, -0.1) is 0 Å². The summed E-state index contributed by atoms with van der Waals surface area (Å²) in [5.74, 6) is -1.09. The van der Waals surface area contributed by atoms with E-state index in [1.807, 2.05) is 6.92 Å². The minimum atomic E-state index is -1.09. The van der Waals surface area contributed by atoms with Gasteiger partial charge in [0.2, 0.25) is 0 Å². The molecule has 0 aromatic carbocycles. The molecule has 0 aromatic heterocycles. The molecule has 7 heteroatoms. The zero-order valence-corrected chi connectivity index (χ0v) is 11.0. The third-order valence-electron chi connectivity index (χ3n) is 3.67. The Morgan fingerprint density at radius 3 is 2.79 bits per heavy atom. The van der Waals surface area contributed by atoms with E-state index >= 15 is 0 Å². The maximum absolute atomic E-state index is 12.2. The number of carboxylic acid groups (broad SMARTS) is 1. The quantitative estimate of drug-likeness (QED) is 0.645. The molecule has 2 fully saturated rings. The zero-order chi connectivity index (χ0) is 14.0. The lowest BCUT2D eigenvalue weighted by atomic mass is 9.95. The van der Waals surface area contributed by atoms with E-state index in [1.165, 1.54) is 4.90 Å². The fourth-order valence-electron chi connectivity index (χ4n) is 2.63. The molecule has 2 saturated heterocycles. The number of ether oxygens (including phenoxy) is 1. The van der Waals surface area contributed by atoms with E-state index in [0.29, 0.717) is 13.2 Å². The monoisotopic (exact) mass is 272 g/mol. The van der Waals surface area contributed by atoms with Crippen LogP contribution in [0.25, 0.3) is 0 Å². The van der Waals surface area contributed by atoms with Crippen LogP contribution in [0.2, 0.25) is 0 Å². The minimum Gasteiger partial charge on any atom is -0.480 e. The lowest BCUT2D eigenvalue weighted by Crippen LogP contribution is -2.57. The van der Waals surface area contributed by atoms with Gasteiger partial charge in [-0.3, -0.25) is 0 Å². The van der Waals surface area contributed by atoms with Gasteiger partial charge < -0.3 is 25.2 Å². The molecular weight excluding hydrogens is 252 g/mol. The molecule has 3 atom stereocenters. The van der Waals surface area contributed by atoms with Crippen LogP contribution in [0.5, 0.6) is 0 Å². The predicted octanol–water partition coefficient (Wildman–Crippen LogP) is -0.215. The number of urea groups is 1. The highest BCUT2D eigenvalue weighted by atomic mass is 16.5. The first kappa shape index (κ1) is 14.1. The smallest absolute Gasteiger partial charge is 0.326 e. The van der Waals surface area contributed by atoms with E-state index in [2.05, 4.69) is 5.32 Å². The molecule has 0 aromatic rings. The number of hydrogen-bond donors (Lipinski definition) is 3. The van der Waals surface area contributed by atoms with Crippen LogP contribution in [0, 0.1) is 0 Å². The first-order valence-corrected chi connectivity index (χ1v) is 6.49. The van der Waals surface area contributed by atoms with Crippen molar-refractivity contribution in [1.29, 1.82) is 0 Å². The third-order valence-corrected chi connectivity index (χ3v) is 3.67. The van der Waals surface area contributed by atoms with E-state index in [1.54, 1.807) is 0 Å². The molecule has 0 bridgehead atoms. The summed E-state index contributed by atoms with van der Waals surface area (Å²) in [6.07, 6.45) is 0.965. The normalized spacial score (nSPS) is 35.2. The van der Waals surface area contributed by atoms with Gasteiger partial charge in [0.25, 0.3) is 0 Å². The van der Waals surface area contributed by atoms with Crippen LogP contribution in [0.15, 0.2) is 0 Å². The van der Waals surface area contributed by atoms with Crippen LogP contribution < -0.4 is 5.32 Å². The molecule has 2 aliphatic heterocycles. The number of aliphatic carboxylic acids is 1. The van der Waals surface area contributed by atoms with Gasteiger partial charge in [0, 0.05) is 19.6 Å². The van der Waals surface area contributed by atoms with Gasteiger partial charge in [-0.2, -0.15) is 0 Å². The number of rotatable bonds is 2. The number of amides is 2. The number of nitrogens with one attached hydrogen (secondary N) is 1. The van der Waals surface area contributed by atoms with Crippen molar-refractivity contribution in [3.05, 3.63) is 0 Å².